The summed E-state index contributed by atoms with van der Waals surface area (Å²) in [4.78, 5) is 68.9. The van der Waals surface area contributed by atoms with Crippen LogP contribution in [0.4, 0.5) is 0 Å². The number of carbonyl (C=O) groups excluding carboxylic acids is 3. The smallest absolute Gasteiger partial charge is 0.422 e. The van der Waals surface area contributed by atoms with Crippen molar-refractivity contribution in [1.82, 2.24) is 19.3 Å². The monoisotopic (exact) mass is 603 g/mol. The fraction of sp³-hybridized carbons (Fsp3) is 0.593. The molecule has 1 aliphatic heterocycles. The number of aromatic nitrogens is 1. The zero-order chi connectivity index (χ0) is 31.5. The highest BCUT2D eigenvalue weighted by Gasteiger charge is 2.40. The minimum absolute atomic E-state index is 0.0455. The molecule has 16 heteroatoms. The lowest BCUT2D eigenvalue weighted by atomic mass is 10.1. The van der Waals surface area contributed by atoms with Crippen LogP contribution < -0.4 is 16.1 Å². The van der Waals surface area contributed by atoms with Crippen molar-refractivity contribution < 1.29 is 33.0 Å². The SMILES string of the molecule is CCC(=O)N(C)CCOCCOCCN(C)C(=O)[C@@H]1C[C@H](N=[N+]=[N-])CN1C(=O)COc1ccc2c(=O)oc(=O)n(C)c2c1. The normalized spacial score (nSPS) is 16.1. The van der Waals surface area contributed by atoms with Gasteiger partial charge in [-0.2, -0.15) is 0 Å². The maximum Gasteiger partial charge on any atom is 0.422 e. The minimum Gasteiger partial charge on any atom is -0.484 e. The number of amides is 3. The molecule has 234 valence electrons. The molecule has 0 radical (unpaired) electrons. The molecule has 0 spiro atoms. The van der Waals surface area contributed by atoms with Gasteiger partial charge in [0.05, 0.1) is 43.4 Å². The zero-order valence-corrected chi connectivity index (χ0v) is 24.8. The molecule has 1 fully saturated rings. The van der Waals surface area contributed by atoms with Gasteiger partial charge < -0.3 is 33.3 Å². The van der Waals surface area contributed by atoms with Gasteiger partial charge in [-0.25, -0.2) is 9.59 Å². The summed E-state index contributed by atoms with van der Waals surface area (Å²) in [6.45, 7) is 3.46. The summed E-state index contributed by atoms with van der Waals surface area (Å²) in [7, 11) is 4.75. The van der Waals surface area contributed by atoms with E-state index in [9.17, 15) is 24.0 Å². The molecule has 0 aliphatic carbocycles. The molecule has 43 heavy (non-hydrogen) atoms. The topological polar surface area (TPSA) is 190 Å². The number of rotatable bonds is 15. The Morgan fingerprint density at radius 1 is 1.09 bits per heavy atom. The molecule has 2 atom stereocenters. The van der Waals surface area contributed by atoms with Crippen molar-refractivity contribution in [1.29, 1.82) is 0 Å². The lowest BCUT2D eigenvalue weighted by Gasteiger charge is -2.28. The second kappa shape index (κ2) is 15.7. The Balaban J connectivity index is 1.51. The minimum atomic E-state index is -0.857. The van der Waals surface area contributed by atoms with Gasteiger partial charge in [0.15, 0.2) is 6.61 Å². The Morgan fingerprint density at radius 3 is 2.42 bits per heavy atom. The number of carbonyl (C=O) groups is 3. The van der Waals surface area contributed by atoms with E-state index in [1.807, 2.05) is 0 Å². The van der Waals surface area contributed by atoms with Crippen LogP contribution in [0.15, 0.2) is 37.3 Å². The number of likely N-dealkylation sites (N-methyl/N-ethyl adjacent to an activating group) is 2. The molecule has 2 heterocycles. The maximum absolute atomic E-state index is 13.3. The fourth-order valence-corrected chi connectivity index (χ4v) is 4.54. The third-order valence-electron chi connectivity index (χ3n) is 7.08. The third kappa shape index (κ3) is 8.80. The average Bonchev–Trinajstić information content (AvgIpc) is 3.42. The van der Waals surface area contributed by atoms with Gasteiger partial charge in [0.2, 0.25) is 11.8 Å². The van der Waals surface area contributed by atoms with Crippen LogP contribution >= 0.6 is 0 Å². The van der Waals surface area contributed by atoms with Crippen LogP contribution in [0.3, 0.4) is 0 Å². The lowest BCUT2D eigenvalue weighted by Crippen LogP contribution is -2.48. The van der Waals surface area contributed by atoms with Crippen LogP contribution in [-0.2, 0) is 30.9 Å². The second-order valence-electron chi connectivity index (χ2n) is 9.99. The Kier molecular flexibility index (Phi) is 12.1. The molecule has 0 unspecified atom stereocenters. The molecule has 2 aromatic rings. The molecule has 0 bridgehead atoms. The molecular formula is C27H37N7O9. The van der Waals surface area contributed by atoms with E-state index in [1.165, 1.54) is 35.0 Å². The molecule has 1 saturated heterocycles. The predicted octanol–water partition coefficient (Wildman–Crippen LogP) is 0.510. The number of hydrogen-bond donors (Lipinski definition) is 0. The Bertz CT molecular complexity index is 1470. The highest BCUT2D eigenvalue weighted by atomic mass is 16.5. The predicted molar refractivity (Wildman–Crippen MR) is 153 cm³/mol. The molecular weight excluding hydrogens is 566 g/mol. The van der Waals surface area contributed by atoms with Crippen molar-refractivity contribution in [2.75, 3.05) is 66.8 Å². The first-order valence-corrected chi connectivity index (χ1v) is 13.8. The first kappa shape index (κ1) is 33.1. The largest absolute Gasteiger partial charge is 0.484 e. The van der Waals surface area contributed by atoms with Crippen LogP contribution in [0.1, 0.15) is 19.8 Å². The lowest BCUT2D eigenvalue weighted by molar-refractivity contribution is -0.144. The van der Waals surface area contributed by atoms with Crippen molar-refractivity contribution in [3.8, 4) is 5.75 Å². The molecule has 1 aliphatic rings. The van der Waals surface area contributed by atoms with Crippen LogP contribution in [-0.4, -0.2) is 116 Å². The first-order chi connectivity index (χ1) is 20.6. The van der Waals surface area contributed by atoms with E-state index in [0.29, 0.717) is 32.8 Å². The van der Waals surface area contributed by atoms with Gasteiger partial charge >= 0.3 is 11.4 Å². The van der Waals surface area contributed by atoms with Gasteiger partial charge in [0.1, 0.15) is 11.8 Å². The number of likely N-dealkylation sites (tertiary alicyclic amines) is 1. The first-order valence-electron chi connectivity index (χ1n) is 13.8. The zero-order valence-electron chi connectivity index (χ0n) is 24.8. The quantitative estimate of drug-likeness (QED) is 0.121. The summed E-state index contributed by atoms with van der Waals surface area (Å²) in [5.74, 6) is -1.39. The summed E-state index contributed by atoms with van der Waals surface area (Å²) >= 11 is 0. The number of aryl methyl sites for hydroxylation is 1. The van der Waals surface area contributed by atoms with Crippen molar-refractivity contribution >= 4 is 28.6 Å². The van der Waals surface area contributed by atoms with E-state index in [4.69, 9.17) is 19.7 Å². The van der Waals surface area contributed by atoms with E-state index >= 15 is 0 Å². The highest BCUT2D eigenvalue weighted by Crippen LogP contribution is 2.23. The summed E-state index contributed by atoms with van der Waals surface area (Å²) in [6, 6.07) is 2.91. The summed E-state index contributed by atoms with van der Waals surface area (Å²) in [5.41, 5.74) is 8.40. The van der Waals surface area contributed by atoms with E-state index in [2.05, 4.69) is 14.4 Å². The van der Waals surface area contributed by atoms with E-state index in [0.717, 1.165) is 4.57 Å². The second-order valence-corrected chi connectivity index (χ2v) is 9.99. The average molecular weight is 604 g/mol. The van der Waals surface area contributed by atoms with Crippen molar-refractivity contribution in [2.45, 2.75) is 31.8 Å². The standard InChI is InChI=1S/C27H37N7O9/c1-5-23(35)31(2)8-10-40-12-13-41-11-9-32(3)25(37)22-14-18(29-30-28)16-34(22)24(36)17-42-19-6-7-20-21(15-19)33(4)27(39)43-26(20)38/h6-7,15,18,22H,5,8-14,16-17H2,1-4H3/t18-,22-/m0/s1. The summed E-state index contributed by atoms with van der Waals surface area (Å²) in [5, 5.41) is 3.88. The van der Waals surface area contributed by atoms with Crippen LogP contribution in [0.25, 0.3) is 21.3 Å². The van der Waals surface area contributed by atoms with Crippen LogP contribution in [0.5, 0.6) is 5.75 Å². The van der Waals surface area contributed by atoms with Gasteiger partial charge in [-0.3, -0.25) is 19.0 Å². The van der Waals surface area contributed by atoms with Gasteiger partial charge in [-0.15, -0.1) is 0 Å². The van der Waals surface area contributed by atoms with Gasteiger partial charge in [-0.1, -0.05) is 12.0 Å². The molecule has 0 saturated carbocycles. The number of nitrogens with zero attached hydrogens (tertiary/aromatic N) is 7. The summed E-state index contributed by atoms with van der Waals surface area (Å²) < 4.78 is 22.4. The third-order valence-corrected chi connectivity index (χ3v) is 7.08. The number of azide groups is 1. The van der Waals surface area contributed by atoms with Crippen LogP contribution in [0, 0.1) is 0 Å². The Hall–Kier alpha value is -4.40. The summed E-state index contributed by atoms with van der Waals surface area (Å²) in [6.07, 6.45) is 0.604. The number of hydrogen-bond acceptors (Lipinski definition) is 10. The molecule has 1 aromatic carbocycles. The number of ether oxygens (including phenoxy) is 3. The molecule has 1 aromatic heterocycles. The maximum atomic E-state index is 13.3. The molecule has 16 nitrogen and oxygen atoms in total. The van der Waals surface area contributed by atoms with Crippen molar-refractivity contribution in [3.63, 3.8) is 0 Å². The van der Waals surface area contributed by atoms with Crippen molar-refractivity contribution in [2.24, 2.45) is 12.2 Å². The van der Waals surface area contributed by atoms with Gasteiger partial charge in [0.25, 0.3) is 5.91 Å². The molecule has 0 N–H and O–H groups in total. The Morgan fingerprint density at radius 2 is 1.77 bits per heavy atom. The van der Waals surface area contributed by atoms with E-state index in [1.54, 1.807) is 25.9 Å². The van der Waals surface area contributed by atoms with Crippen molar-refractivity contribution in [3.05, 3.63) is 49.6 Å². The molecule has 3 rings (SSSR count). The molecule has 3 amide bonds. The number of fused-ring (bicyclic) bond motifs is 1. The Labute approximate surface area is 247 Å². The van der Waals surface area contributed by atoms with Gasteiger partial charge in [-0.05, 0) is 24.1 Å². The fourth-order valence-electron chi connectivity index (χ4n) is 4.54. The number of benzene rings is 1. The highest BCUT2D eigenvalue weighted by molar-refractivity contribution is 5.89. The van der Waals surface area contributed by atoms with E-state index in [-0.39, 0.29) is 54.6 Å². The van der Waals surface area contributed by atoms with E-state index < -0.39 is 36.0 Å². The van der Waals surface area contributed by atoms with Gasteiger partial charge in [0, 0.05) is 58.2 Å². The van der Waals surface area contributed by atoms with Crippen LogP contribution in [0.2, 0.25) is 0 Å².